The summed E-state index contributed by atoms with van der Waals surface area (Å²) >= 11 is 0. The second-order valence-electron chi connectivity index (χ2n) is 9.64. The largest absolute Gasteiger partial charge is 0.397 e. The summed E-state index contributed by atoms with van der Waals surface area (Å²) in [5.41, 5.74) is 12.1. The van der Waals surface area contributed by atoms with E-state index in [1.54, 1.807) is 25.5 Å². The fourth-order valence-corrected chi connectivity index (χ4v) is 5.53. The number of halogens is 2. The highest BCUT2D eigenvalue weighted by Crippen LogP contribution is 2.41. The number of rotatable bonds is 3. The topological polar surface area (TPSA) is 76.3 Å². The lowest BCUT2D eigenvalue weighted by molar-refractivity contribution is -0.0134. The van der Waals surface area contributed by atoms with Crippen LogP contribution in [-0.4, -0.2) is 48.4 Å². The number of morpholine rings is 1. The molecule has 0 spiro atoms. The van der Waals surface area contributed by atoms with Crippen molar-refractivity contribution in [3.63, 3.8) is 0 Å². The lowest BCUT2D eigenvalue weighted by Gasteiger charge is -2.43. The Labute approximate surface area is 219 Å². The van der Waals surface area contributed by atoms with Crippen LogP contribution in [0.2, 0.25) is 0 Å². The van der Waals surface area contributed by atoms with Crippen molar-refractivity contribution in [2.45, 2.75) is 25.5 Å². The fraction of sp³-hybridized carbons (Fsp3) is 0.267. The second-order valence-corrected chi connectivity index (χ2v) is 9.64. The monoisotopic (exact) mass is 511 g/mol. The number of pyridine rings is 2. The average Bonchev–Trinajstić information content (AvgIpc) is 2.92. The van der Waals surface area contributed by atoms with Gasteiger partial charge in [0.2, 0.25) is 0 Å². The van der Waals surface area contributed by atoms with E-state index in [4.69, 9.17) is 10.5 Å². The maximum atomic E-state index is 14.3. The van der Waals surface area contributed by atoms with Gasteiger partial charge >= 0.3 is 0 Å². The standard InChI is InChI=1S/C30H27F2N5O/c1-2-3-19-14-34-15-24(29(19)33)18-4-5-26-23(12-18)30(37-8-6-28-27(17-37)35-7-9-38-28)25(16-36-26)20-10-21(31)13-22(32)11-20/h4-5,10-16,27-28,35H,6-9,17H2,1H3,(H2,33,34)/t27-,28-/m1/s1. The van der Waals surface area contributed by atoms with E-state index in [1.165, 1.54) is 12.1 Å². The summed E-state index contributed by atoms with van der Waals surface area (Å²) in [6.45, 7) is 4.69. The molecule has 2 saturated heterocycles. The number of fused-ring (bicyclic) bond motifs is 2. The molecule has 2 fully saturated rings. The van der Waals surface area contributed by atoms with E-state index in [9.17, 15) is 8.78 Å². The number of hydrogen-bond donors (Lipinski definition) is 2. The number of hydrogen-bond acceptors (Lipinski definition) is 6. The summed E-state index contributed by atoms with van der Waals surface area (Å²) in [6, 6.07) is 9.67. The third-order valence-electron chi connectivity index (χ3n) is 7.28. The molecule has 0 radical (unpaired) electrons. The molecule has 38 heavy (non-hydrogen) atoms. The summed E-state index contributed by atoms with van der Waals surface area (Å²) < 4.78 is 34.6. The van der Waals surface area contributed by atoms with Crippen LogP contribution < -0.4 is 16.0 Å². The molecule has 0 unspecified atom stereocenters. The van der Waals surface area contributed by atoms with Gasteiger partial charge in [0.05, 0.1) is 41.2 Å². The predicted molar refractivity (Wildman–Crippen MR) is 146 cm³/mol. The molecule has 4 aromatic rings. The van der Waals surface area contributed by atoms with E-state index in [1.807, 2.05) is 18.2 Å². The maximum Gasteiger partial charge on any atom is 0.126 e. The van der Waals surface area contributed by atoms with Crippen molar-refractivity contribution < 1.29 is 13.5 Å². The van der Waals surface area contributed by atoms with Crippen molar-refractivity contribution in [2.75, 3.05) is 36.9 Å². The molecule has 6 nitrogen and oxygen atoms in total. The van der Waals surface area contributed by atoms with Crippen LogP contribution in [0.15, 0.2) is 55.0 Å². The van der Waals surface area contributed by atoms with Gasteiger partial charge in [-0.25, -0.2) is 8.78 Å². The summed E-state index contributed by atoms with van der Waals surface area (Å²) in [7, 11) is 0. The van der Waals surface area contributed by atoms with E-state index in [-0.39, 0.29) is 12.1 Å². The van der Waals surface area contributed by atoms with Crippen LogP contribution in [0.25, 0.3) is 33.2 Å². The molecule has 0 bridgehead atoms. The predicted octanol–water partition coefficient (Wildman–Crippen LogP) is 4.76. The molecule has 2 aliphatic rings. The Morgan fingerprint density at radius 1 is 1.05 bits per heavy atom. The lowest BCUT2D eigenvalue weighted by Crippen LogP contribution is -2.58. The highest BCUT2D eigenvalue weighted by atomic mass is 19.1. The second kappa shape index (κ2) is 10.0. The first-order valence-corrected chi connectivity index (χ1v) is 12.7. The van der Waals surface area contributed by atoms with Gasteiger partial charge in [0.15, 0.2) is 0 Å². The molecule has 3 N–H and O–H groups in total. The van der Waals surface area contributed by atoms with Gasteiger partial charge in [-0.05, 0) is 48.7 Å². The molecule has 2 aromatic carbocycles. The Kier molecular flexibility index (Phi) is 6.40. The van der Waals surface area contributed by atoms with Crippen LogP contribution in [0.4, 0.5) is 20.2 Å². The van der Waals surface area contributed by atoms with Gasteiger partial charge in [0.1, 0.15) is 11.6 Å². The van der Waals surface area contributed by atoms with Crippen molar-refractivity contribution >= 4 is 22.3 Å². The number of nitrogens with two attached hydrogens (primary N) is 1. The first-order chi connectivity index (χ1) is 18.5. The van der Waals surface area contributed by atoms with Gasteiger partial charge in [0, 0.05) is 60.8 Å². The first-order valence-electron chi connectivity index (χ1n) is 12.7. The minimum Gasteiger partial charge on any atom is -0.397 e. The zero-order valence-corrected chi connectivity index (χ0v) is 21.0. The van der Waals surface area contributed by atoms with Gasteiger partial charge < -0.3 is 20.7 Å². The van der Waals surface area contributed by atoms with Crippen molar-refractivity contribution in [3.8, 4) is 34.1 Å². The third kappa shape index (κ3) is 4.44. The molecule has 0 amide bonds. The van der Waals surface area contributed by atoms with Crippen molar-refractivity contribution in [2.24, 2.45) is 0 Å². The first kappa shape index (κ1) is 24.3. The number of anilines is 2. The smallest absolute Gasteiger partial charge is 0.126 e. The quantitative estimate of drug-likeness (QED) is 0.386. The Hall–Kier alpha value is -4.06. The van der Waals surface area contributed by atoms with E-state index in [0.29, 0.717) is 35.5 Å². The molecule has 0 aliphatic carbocycles. The normalized spacial score (nSPS) is 19.1. The number of nitrogens with zero attached hydrogens (tertiary/aromatic N) is 3. The molecule has 4 heterocycles. The fourth-order valence-electron chi connectivity index (χ4n) is 5.53. The van der Waals surface area contributed by atoms with E-state index >= 15 is 0 Å². The molecule has 8 heteroatoms. The molecule has 6 rings (SSSR count). The Balaban J connectivity index is 1.55. The van der Waals surface area contributed by atoms with Gasteiger partial charge in [-0.15, -0.1) is 5.92 Å². The molecular formula is C30H27F2N5O. The Morgan fingerprint density at radius 2 is 1.89 bits per heavy atom. The third-order valence-corrected chi connectivity index (χ3v) is 7.28. The minimum atomic E-state index is -0.631. The number of aromatic nitrogens is 2. The van der Waals surface area contributed by atoms with Gasteiger partial charge in [0.25, 0.3) is 0 Å². The summed E-state index contributed by atoms with van der Waals surface area (Å²) in [4.78, 5) is 11.3. The molecule has 192 valence electrons. The van der Waals surface area contributed by atoms with Crippen LogP contribution in [0, 0.1) is 23.5 Å². The molecule has 0 saturated carbocycles. The maximum absolute atomic E-state index is 14.3. The van der Waals surface area contributed by atoms with Crippen LogP contribution in [-0.2, 0) is 4.74 Å². The van der Waals surface area contributed by atoms with Gasteiger partial charge in [-0.1, -0.05) is 12.0 Å². The molecule has 2 aromatic heterocycles. The number of nitrogen functional groups attached to an aromatic ring is 1. The zero-order valence-electron chi connectivity index (χ0n) is 21.0. The van der Waals surface area contributed by atoms with Crippen molar-refractivity contribution in [3.05, 3.63) is 72.2 Å². The molecule has 2 atom stereocenters. The van der Waals surface area contributed by atoms with Crippen LogP contribution >= 0.6 is 0 Å². The van der Waals surface area contributed by atoms with Crippen molar-refractivity contribution in [1.29, 1.82) is 0 Å². The number of piperidine rings is 1. The summed E-state index contributed by atoms with van der Waals surface area (Å²) in [5.74, 6) is 4.62. The number of ether oxygens (including phenoxy) is 1. The zero-order chi connectivity index (χ0) is 26.2. The highest BCUT2D eigenvalue weighted by molar-refractivity contribution is 6.02. The highest BCUT2D eigenvalue weighted by Gasteiger charge is 2.33. The number of nitrogens with one attached hydrogen (secondary N) is 1. The molecule has 2 aliphatic heterocycles. The summed E-state index contributed by atoms with van der Waals surface area (Å²) in [6.07, 6.45) is 6.07. The lowest BCUT2D eigenvalue weighted by atomic mass is 9.94. The van der Waals surface area contributed by atoms with Gasteiger partial charge in [-0.2, -0.15) is 0 Å². The van der Waals surface area contributed by atoms with Crippen LogP contribution in [0.5, 0.6) is 0 Å². The minimum absolute atomic E-state index is 0.145. The van der Waals surface area contributed by atoms with Crippen LogP contribution in [0.3, 0.4) is 0 Å². The Morgan fingerprint density at radius 3 is 2.71 bits per heavy atom. The summed E-state index contributed by atoms with van der Waals surface area (Å²) in [5, 5.41) is 4.44. The van der Waals surface area contributed by atoms with E-state index in [0.717, 1.165) is 53.3 Å². The SMILES string of the molecule is CC#Cc1cncc(-c2ccc3ncc(-c4cc(F)cc(F)c4)c(N4CC[C@H]5OCCN[C@@H]5C4)c3c2)c1N. The molecular weight excluding hydrogens is 484 g/mol. The Bertz CT molecular complexity index is 1580. The van der Waals surface area contributed by atoms with Crippen molar-refractivity contribution in [1.82, 2.24) is 15.3 Å². The number of benzene rings is 2. The van der Waals surface area contributed by atoms with E-state index < -0.39 is 11.6 Å². The van der Waals surface area contributed by atoms with Gasteiger partial charge in [-0.3, -0.25) is 9.97 Å². The van der Waals surface area contributed by atoms with Crippen LogP contribution in [0.1, 0.15) is 18.9 Å². The van der Waals surface area contributed by atoms with E-state index in [2.05, 4.69) is 32.0 Å². The average molecular weight is 512 g/mol.